The second-order valence-corrected chi connectivity index (χ2v) is 7.95. The van der Waals surface area contributed by atoms with Crippen LogP contribution < -0.4 is 33.2 Å². The average molecular weight is 519 g/mol. The Morgan fingerprint density at radius 2 is 1.17 bits per heavy atom. The van der Waals surface area contributed by atoms with Crippen LogP contribution >= 0.6 is 0 Å². The van der Waals surface area contributed by atoms with Crippen LogP contribution in [-0.2, 0) is 33.6 Å². The van der Waals surface area contributed by atoms with Crippen molar-refractivity contribution in [3.63, 3.8) is 0 Å². The fourth-order valence-electron chi connectivity index (χ4n) is 2.95. The Hall–Kier alpha value is -3.79. The van der Waals surface area contributed by atoms with E-state index < -0.39 is 85.0 Å². The maximum atomic E-state index is 12.9. The number of rotatable bonds is 19. The van der Waals surface area contributed by atoms with Gasteiger partial charge in [0.05, 0.1) is 12.5 Å². The summed E-state index contributed by atoms with van der Waals surface area (Å²) in [6.45, 7) is 0.275. The maximum Gasteiger partial charge on any atom is 0.326 e. The van der Waals surface area contributed by atoms with Gasteiger partial charge in [0, 0.05) is 12.8 Å². The number of unbranched alkanes of at least 4 members (excludes halogenated alkanes) is 1. The van der Waals surface area contributed by atoms with E-state index >= 15 is 0 Å². The molecule has 0 heterocycles. The first-order valence-electron chi connectivity index (χ1n) is 11.1. The van der Waals surface area contributed by atoms with E-state index in [1.54, 1.807) is 0 Å². The van der Waals surface area contributed by atoms with E-state index in [0.717, 1.165) is 0 Å². The summed E-state index contributed by atoms with van der Waals surface area (Å²) in [6, 6.07) is -5.75. The lowest BCUT2D eigenvalue weighted by molar-refractivity contribution is -0.143. The fraction of sp³-hybridized carbons (Fsp3) is 0.650. The third-order valence-electron chi connectivity index (χ3n) is 4.89. The zero-order chi connectivity index (χ0) is 27.8. The molecule has 16 nitrogen and oxygen atoms in total. The fourth-order valence-corrected chi connectivity index (χ4v) is 2.95. The van der Waals surface area contributed by atoms with E-state index in [1.807, 2.05) is 0 Å². The molecule has 12 N–H and O–H groups in total. The number of carbonyl (C=O) groups is 7. The summed E-state index contributed by atoms with van der Waals surface area (Å²) in [5, 5.41) is 33.6. The number of carboxylic acid groups (broad SMARTS) is 3. The smallest absolute Gasteiger partial charge is 0.326 e. The molecule has 0 rings (SSSR count). The molecule has 36 heavy (non-hydrogen) atoms. The highest BCUT2D eigenvalue weighted by atomic mass is 16.4. The largest absolute Gasteiger partial charge is 0.481 e. The van der Waals surface area contributed by atoms with Gasteiger partial charge in [0.15, 0.2) is 0 Å². The zero-order valence-corrected chi connectivity index (χ0v) is 19.6. The number of nitrogens with one attached hydrogen (secondary N) is 3. The summed E-state index contributed by atoms with van der Waals surface area (Å²) in [5.74, 6) is -7.74. The highest BCUT2D eigenvalue weighted by molar-refractivity contribution is 5.95. The maximum absolute atomic E-state index is 12.9. The van der Waals surface area contributed by atoms with Gasteiger partial charge in [0.1, 0.15) is 18.1 Å². The highest BCUT2D eigenvalue weighted by Crippen LogP contribution is 2.07. The third-order valence-corrected chi connectivity index (χ3v) is 4.89. The number of amides is 4. The van der Waals surface area contributed by atoms with Gasteiger partial charge in [0.25, 0.3) is 0 Å². The number of nitrogens with two attached hydrogens (primary N) is 3. The Morgan fingerprint density at radius 3 is 1.64 bits per heavy atom. The van der Waals surface area contributed by atoms with Gasteiger partial charge in [-0.2, -0.15) is 0 Å². The molecule has 0 aliphatic heterocycles. The summed E-state index contributed by atoms with van der Waals surface area (Å²) in [5.41, 5.74) is 16.0. The van der Waals surface area contributed by atoms with Crippen molar-refractivity contribution in [1.29, 1.82) is 0 Å². The van der Waals surface area contributed by atoms with Crippen LogP contribution in [0.3, 0.4) is 0 Å². The van der Waals surface area contributed by atoms with Gasteiger partial charge in [-0.1, -0.05) is 0 Å². The minimum Gasteiger partial charge on any atom is -0.481 e. The number of hydrogen-bond acceptors (Lipinski definition) is 9. The quantitative estimate of drug-likeness (QED) is 0.0755. The van der Waals surface area contributed by atoms with Crippen LogP contribution in [0.5, 0.6) is 0 Å². The molecule has 204 valence electrons. The van der Waals surface area contributed by atoms with Gasteiger partial charge in [0.2, 0.25) is 23.6 Å². The van der Waals surface area contributed by atoms with Crippen LogP contribution in [-0.4, -0.2) is 87.6 Å². The number of hydrogen-bond donors (Lipinski definition) is 9. The van der Waals surface area contributed by atoms with Gasteiger partial charge in [-0.3, -0.25) is 28.8 Å². The average Bonchev–Trinajstić information content (AvgIpc) is 2.77. The number of carbonyl (C=O) groups excluding carboxylic acids is 4. The Bertz CT molecular complexity index is 821. The van der Waals surface area contributed by atoms with Gasteiger partial charge < -0.3 is 48.5 Å². The first-order valence-corrected chi connectivity index (χ1v) is 11.1. The molecule has 0 saturated heterocycles. The van der Waals surface area contributed by atoms with Crippen LogP contribution in [0.25, 0.3) is 0 Å². The van der Waals surface area contributed by atoms with Crippen LogP contribution in [0, 0.1) is 0 Å². The van der Waals surface area contributed by atoms with Crippen molar-refractivity contribution in [2.75, 3.05) is 6.54 Å². The Labute approximate surface area is 206 Å². The molecule has 0 aromatic carbocycles. The van der Waals surface area contributed by atoms with Gasteiger partial charge >= 0.3 is 17.9 Å². The van der Waals surface area contributed by atoms with Crippen molar-refractivity contribution in [2.24, 2.45) is 17.2 Å². The van der Waals surface area contributed by atoms with Gasteiger partial charge in [-0.05, 0) is 38.6 Å². The Balaban J connectivity index is 5.60. The van der Waals surface area contributed by atoms with E-state index in [1.165, 1.54) is 0 Å². The molecule has 4 atom stereocenters. The molecule has 0 fully saturated rings. The first kappa shape index (κ1) is 32.2. The molecule has 16 heteroatoms. The molecule has 0 radical (unpaired) electrons. The predicted molar refractivity (Wildman–Crippen MR) is 122 cm³/mol. The molecular weight excluding hydrogens is 484 g/mol. The molecule has 4 unspecified atom stereocenters. The predicted octanol–water partition coefficient (Wildman–Crippen LogP) is -3.41. The second-order valence-electron chi connectivity index (χ2n) is 7.95. The van der Waals surface area contributed by atoms with Gasteiger partial charge in [-0.25, -0.2) is 4.79 Å². The summed E-state index contributed by atoms with van der Waals surface area (Å²) >= 11 is 0. The monoisotopic (exact) mass is 518 g/mol. The van der Waals surface area contributed by atoms with E-state index in [0.29, 0.717) is 12.8 Å². The lowest BCUT2D eigenvalue weighted by Gasteiger charge is -2.25. The van der Waals surface area contributed by atoms with Crippen molar-refractivity contribution in [3.8, 4) is 0 Å². The van der Waals surface area contributed by atoms with E-state index in [4.69, 9.17) is 27.4 Å². The van der Waals surface area contributed by atoms with E-state index in [9.17, 15) is 38.7 Å². The lowest BCUT2D eigenvalue weighted by Crippen LogP contribution is -2.57. The Morgan fingerprint density at radius 1 is 0.667 bits per heavy atom. The molecule has 0 spiro atoms. The van der Waals surface area contributed by atoms with Crippen LogP contribution in [0.2, 0.25) is 0 Å². The van der Waals surface area contributed by atoms with E-state index in [-0.39, 0.29) is 25.8 Å². The molecule has 0 saturated carbocycles. The first-order chi connectivity index (χ1) is 16.8. The molecule has 0 aromatic rings. The number of primary amides is 1. The summed E-state index contributed by atoms with van der Waals surface area (Å²) in [7, 11) is 0. The van der Waals surface area contributed by atoms with Crippen molar-refractivity contribution in [3.05, 3.63) is 0 Å². The molecule has 0 aliphatic carbocycles. The van der Waals surface area contributed by atoms with Crippen LogP contribution in [0.1, 0.15) is 51.4 Å². The SMILES string of the molecule is NCCCCC(NC(=O)C(CCC(N)=O)NC(=O)C(N)CC(=O)O)C(=O)NC(CCC(=O)O)C(=O)O. The topological polar surface area (TPSA) is 294 Å². The number of carboxylic acids is 3. The number of aliphatic carboxylic acids is 3. The summed E-state index contributed by atoms with van der Waals surface area (Å²) in [4.78, 5) is 82.0. The standard InChI is InChI=1S/C20H34N6O10/c21-8-2-1-3-11(18(33)26-13(20(35)36)5-7-15(28)29)25-19(34)12(4-6-14(23)27)24-17(32)10(22)9-16(30)31/h10-13H,1-9,21-22H2,(H2,23,27)(H,24,32)(H,25,34)(H,26,33)(H,28,29)(H,30,31)(H,35,36). The Kier molecular flexibility index (Phi) is 15.0. The normalized spacial score (nSPS) is 13.9. The van der Waals surface area contributed by atoms with Crippen LogP contribution in [0.15, 0.2) is 0 Å². The lowest BCUT2D eigenvalue weighted by atomic mass is 10.0. The van der Waals surface area contributed by atoms with Crippen molar-refractivity contribution in [1.82, 2.24) is 16.0 Å². The summed E-state index contributed by atoms with van der Waals surface area (Å²) in [6.07, 6.45) is -1.45. The molecular formula is C20H34N6O10. The highest BCUT2D eigenvalue weighted by Gasteiger charge is 2.30. The summed E-state index contributed by atoms with van der Waals surface area (Å²) < 4.78 is 0. The molecule has 0 aromatic heterocycles. The van der Waals surface area contributed by atoms with Crippen molar-refractivity contribution >= 4 is 41.5 Å². The van der Waals surface area contributed by atoms with Crippen LogP contribution in [0.4, 0.5) is 0 Å². The zero-order valence-electron chi connectivity index (χ0n) is 19.6. The third kappa shape index (κ3) is 13.8. The van der Waals surface area contributed by atoms with Crippen molar-refractivity contribution in [2.45, 2.75) is 75.5 Å². The minimum absolute atomic E-state index is 0.0229. The van der Waals surface area contributed by atoms with Crippen molar-refractivity contribution < 1.29 is 48.9 Å². The molecule has 0 aliphatic rings. The second kappa shape index (κ2) is 16.8. The minimum atomic E-state index is -1.54. The van der Waals surface area contributed by atoms with Gasteiger partial charge in [-0.15, -0.1) is 0 Å². The molecule has 0 bridgehead atoms. The molecule has 4 amide bonds. The van der Waals surface area contributed by atoms with E-state index in [2.05, 4.69) is 16.0 Å².